The third kappa shape index (κ3) is 9.02. The van der Waals surface area contributed by atoms with Gasteiger partial charge in [-0.2, -0.15) is 0 Å². The Morgan fingerprint density at radius 1 is 1.06 bits per heavy atom. The lowest BCUT2D eigenvalue weighted by Crippen LogP contribution is -2.45. The van der Waals surface area contributed by atoms with Crippen LogP contribution in [0.4, 0.5) is 0 Å². The van der Waals surface area contributed by atoms with Crippen LogP contribution in [0.5, 0.6) is 0 Å². The fourth-order valence-electron chi connectivity index (χ4n) is 5.41. The Bertz CT molecular complexity index is 932. The predicted octanol–water partition coefficient (Wildman–Crippen LogP) is 5.57. The van der Waals surface area contributed by atoms with Crippen LogP contribution in [0, 0.1) is 5.92 Å². The summed E-state index contributed by atoms with van der Waals surface area (Å²) in [5.41, 5.74) is 5.38. The van der Waals surface area contributed by atoms with Gasteiger partial charge in [0.1, 0.15) is 0 Å². The van der Waals surface area contributed by atoms with E-state index in [2.05, 4.69) is 68.6 Å². The lowest BCUT2D eigenvalue weighted by molar-refractivity contribution is -0.140. The van der Waals surface area contributed by atoms with Crippen molar-refractivity contribution >= 4 is 5.97 Å². The molecule has 2 aromatic carbocycles. The topological polar surface area (TPSA) is 67.8 Å². The van der Waals surface area contributed by atoms with Gasteiger partial charge < -0.3 is 19.9 Å². The maximum absolute atomic E-state index is 11.3. The quantitative estimate of drug-likeness (QED) is 0.250. The van der Waals surface area contributed by atoms with Gasteiger partial charge in [0, 0.05) is 18.5 Å². The van der Waals surface area contributed by atoms with E-state index in [1.165, 1.54) is 29.4 Å². The minimum Gasteiger partial charge on any atom is -0.469 e. The number of aryl methyl sites for hydroxylation is 1. The van der Waals surface area contributed by atoms with Crippen molar-refractivity contribution in [1.29, 1.82) is 0 Å². The molecule has 0 aromatic heterocycles. The fourth-order valence-corrected chi connectivity index (χ4v) is 5.41. The number of aliphatic hydroxyl groups is 1. The van der Waals surface area contributed by atoms with Crippen molar-refractivity contribution in [2.24, 2.45) is 5.92 Å². The molecule has 5 heteroatoms. The first-order valence-corrected chi connectivity index (χ1v) is 13.5. The molecule has 1 aliphatic carbocycles. The summed E-state index contributed by atoms with van der Waals surface area (Å²) in [4.78, 5) is 11.3. The summed E-state index contributed by atoms with van der Waals surface area (Å²) in [6.07, 6.45) is 7.03. The number of β-amino-alcohol motifs (C(OH)–C–C–N with tert-alkyl or cyclic N) is 1. The zero-order valence-electron chi connectivity index (χ0n) is 22.6. The normalized spacial score (nSPS) is 15.5. The molecule has 2 aromatic rings. The van der Waals surface area contributed by atoms with E-state index in [9.17, 15) is 9.90 Å². The van der Waals surface area contributed by atoms with Gasteiger partial charge in [0.25, 0.3) is 0 Å². The Morgan fingerprint density at radius 3 is 2.42 bits per heavy atom. The molecule has 36 heavy (non-hydrogen) atoms. The zero-order chi connectivity index (χ0) is 26.0. The second kappa shape index (κ2) is 13.9. The Labute approximate surface area is 217 Å². The highest BCUT2D eigenvalue weighted by Gasteiger charge is 2.28. The van der Waals surface area contributed by atoms with Crippen LogP contribution in [-0.4, -0.2) is 43.0 Å². The highest BCUT2D eigenvalue weighted by Crippen LogP contribution is 2.32. The molecule has 3 rings (SSSR count). The van der Waals surface area contributed by atoms with Gasteiger partial charge in [0.05, 0.1) is 25.9 Å². The molecule has 2 atom stereocenters. The Balaban J connectivity index is 1.38. The van der Waals surface area contributed by atoms with Crippen molar-refractivity contribution in [3.8, 4) is 0 Å². The predicted molar refractivity (Wildman–Crippen MR) is 145 cm³/mol. The van der Waals surface area contributed by atoms with Gasteiger partial charge in [-0.05, 0) is 87.5 Å². The van der Waals surface area contributed by atoms with Crippen LogP contribution in [-0.2, 0) is 33.5 Å². The molecule has 0 saturated carbocycles. The molecule has 0 aliphatic heterocycles. The molecule has 0 bridgehead atoms. The molecule has 0 spiro atoms. The van der Waals surface area contributed by atoms with Gasteiger partial charge >= 0.3 is 5.97 Å². The van der Waals surface area contributed by atoms with Crippen molar-refractivity contribution in [3.05, 3.63) is 70.8 Å². The lowest BCUT2D eigenvalue weighted by atomic mass is 9.88. The summed E-state index contributed by atoms with van der Waals surface area (Å²) >= 11 is 0. The number of methoxy groups -OCH3 is 1. The number of benzene rings is 2. The third-order valence-corrected chi connectivity index (χ3v) is 7.34. The number of hydrogen-bond acceptors (Lipinski definition) is 5. The van der Waals surface area contributed by atoms with E-state index in [-0.39, 0.29) is 17.6 Å². The number of hydrogen-bond donors (Lipinski definition) is 2. The zero-order valence-corrected chi connectivity index (χ0v) is 22.6. The maximum atomic E-state index is 11.3. The van der Waals surface area contributed by atoms with E-state index in [4.69, 9.17) is 9.47 Å². The number of unbranched alkanes of at least 4 members (excludes halogenated alkanes) is 2. The van der Waals surface area contributed by atoms with Gasteiger partial charge in [-0.3, -0.25) is 4.79 Å². The number of ether oxygens (including phenoxy) is 2. The Morgan fingerprint density at radius 2 is 1.72 bits per heavy atom. The van der Waals surface area contributed by atoms with Crippen molar-refractivity contribution in [2.45, 2.75) is 89.9 Å². The number of carbonyl (C=O) groups excluding carboxylic acids is 1. The van der Waals surface area contributed by atoms with Gasteiger partial charge in [-0.1, -0.05) is 55.0 Å². The molecular formula is C31H45NO4. The van der Waals surface area contributed by atoms with E-state index in [1.54, 1.807) is 0 Å². The standard InChI is InChI=1S/C31H45NO4/c1-23(29-16-11-10-13-25(29)12-6-5-7-17-30(34)35-4)36-22-28(33)21-32-31(2,3)20-24-18-26-14-8-9-15-27(26)19-24/h8-11,13-16,23-24,28,32-33H,5-7,12,17-22H2,1-4H3/t23-,28-/m1/s1. The summed E-state index contributed by atoms with van der Waals surface area (Å²) in [5, 5.41) is 14.2. The first kappa shape index (κ1) is 28.4. The highest BCUT2D eigenvalue weighted by atomic mass is 16.5. The molecule has 0 heterocycles. The number of carbonyl (C=O) groups is 1. The first-order valence-electron chi connectivity index (χ1n) is 13.5. The molecule has 2 N–H and O–H groups in total. The van der Waals surface area contributed by atoms with Crippen LogP contribution < -0.4 is 5.32 Å². The van der Waals surface area contributed by atoms with Crippen molar-refractivity contribution in [3.63, 3.8) is 0 Å². The highest BCUT2D eigenvalue weighted by molar-refractivity contribution is 5.68. The number of nitrogens with one attached hydrogen (secondary N) is 1. The van der Waals surface area contributed by atoms with Gasteiger partial charge in [0.2, 0.25) is 0 Å². The van der Waals surface area contributed by atoms with Crippen molar-refractivity contribution in [1.82, 2.24) is 5.32 Å². The summed E-state index contributed by atoms with van der Waals surface area (Å²) in [6.45, 7) is 7.33. The molecule has 0 radical (unpaired) electrons. The molecular weight excluding hydrogens is 450 g/mol. The Kier molecular flexibility index (Phi) is 11.0. The number of fused-ring (bicyclic) bond motifs is 1. The molecule has 198 valence electrons. The summed E-state index contributed by atoms with van der Waals surface area (Å²) in [7, 11) is 1.43. The fraction of sp³-hybridized carbons (Fsp3) is 0.581. The summed E-state index contributed by atoms with van der Waals surface area (Å²) in [5.74, 6) is 0.508. The van der Waals surface area contributed by atoms with E-state index in [0.29, 0.717) is 25.5 Å². The van der Waals surface area contributed by atoms with E-state index < -0.39 is 6.10 Å². The summed E-state index contributed by atoms with van der Waals surface area (Å²) < 4.78 is 10.8. The van der Waals surface area contributed by atoms with Crippen molar-refractivity contribution in [2.75, 3.05) is 20.3 Å². The molecule has 0 saturated heterocycles. The second-order valence-electron chi connectivity index (χ2n) is 11.0. The first-order chi connectivity index (χ1) is 17.3. The van der Waals surface area contributed by atoms with Gasteiger partial charge in [-0.25, -0.2) is 0 Å². The van der Waals surface area contributed by atoms with Gasteiger partial charge in [0.15, 0.2) is 0 Å². The van der Waals surface area contributed by atoms with Gasteiger partial charge in [-0.15, -0.1) is 0 Å². The van der Waals surface area contributed by atoms with Crippen LogP contribution in [0.2, 0.25) is 0 Å². The third-order valence-electron chi connectivity index (χ3n) is 7.34. The Hall–Kier alpha value is -2.21. The number of aliphatic hydroxyl groups excluding tert-OH is 1. The largest absolute Gasteiger partial charge is 0.469 e. The molecule has 5 nitrogen and oxygen atoms in total. The van der Waals surface area contributed by atoms with E-state index in [0.717, 1.165) is 44.9 Å². The minimum atomic E-state index is -0.557. The SMILES string of the molecule is COC(=O)CCCCCc1ccccc1[C@@H](C)OC[C@H](O)CNC(C)(C)CC1Cc2ccccc2C1. The van der Waals surface area contributed by atoms with Crippen LogP contribution in [0.3, 0.4) is 0 Å². The summed E-state index contributed by atoms with van der Waals surface area (Å²) in [6, 6.07) is 17.1. The average Bonchev–Trinajstić information content (AvgIpc) is 3.27. The number of rotatable bonds is 15. The maximum Gasteiger partial charge on any atom is 0.305 e. The van der Waals surface area contributed by atoms with Crippen LogP contribution in [0.1, 0.15) is 81.2 Å². The minimum absolute atomic E-state index is 0.0419. The second-order valence-corrected chi connectivity index (χ2v) is 11.0. The van der Waals surface area contributed by atoms with Crippen LogP contribution in [0.15, 0.2) is 48.5 Å². The lowest BCUT2D eigenvalue weighted by Gasteiger charge is -2.31. The van der Waals surface area contributed by atoms with E-state index >= 15 is 0 Å². The molecule has 0 amide bonds. The van der Waals surface area contributed by atoms with Crippen molar-refractivity contribution < 1.29 is 19.4 Å². The molecule has 0 unspecified atom stereocenters. The van der Waals surface area contributed by atoms with Crippen LogP contribution in [0.25, 0.3) is 0 Å². The molecule has 0 fully saturated rings. The smallest absolute Gasteiger partial charge is 0.305 e. The average molecular weight is 496 g/mol. The monoisotopic (exact) mass is 495 g/mol. The number of esters is 1. The van der Waals surface area contributed by atoms with E-state index in [1.807, 2.05) is 6.07 Å². The molecule has 1 aliphatic rings. The van der Waals surface area contributed by atoms with Crippen LogP contribution >= 0.6 is 0 Å².